The predicted molar refractivity (Wildman–Crippen MR) is 88.6 cm³/mol. The molecule has 1 aromatic heterocycles. The van der Waals surface area contributed by atoms with Crippen LogP contribution in [0.5, 0.6) is 0 Å². The molecule has 2 heterocycles. The van der Waals surface area contributed by atoms with Gasteiger partial charge in [-0.1, -0.05) is 20.8 Å². The van der Waals surface area contributed by atoms with E-state index in [-0.39, 0.29) is 11.5 Å². The van der Waals surface area contributed by atoms with E-state index in [1.807, 2.05) is 12.1 Å². The molecule has 1 saturated heterocycles. The van der Waals surface area contributed by atoms with Crippen molar-refractivity contribution in [2.75, 3.05) is 31.3 Å². The Morgan fingerprint density at radius 1 is 1.18 bits per heavy atom. The normalized spacial score (nSPS) is 18.0. The van der Waals surface area contributed by atoms with Gasteiger partial charge in [0.25, 0.3) is 0 Å². The Hall–Kier alpha value is -1.21. The highest BCUT2D eigenvalue weighted by Crippen LogP contribution is 2.24. The first-order valence-corrected chi connectivity index (χ1v) is 9.46. The van der Waals surface area contributed by atoms with Gasteiger partial charge in [0.15, 0.2) is 5.82 Å². The average molecular weight is 326 g/mol. The van der Waals surface area contributed by atoms with E-state index in [1.54, 1.807) is 7.05 Å². The zero-order valence-corrected chi connectivity index (χ0v) is 14.9. The molecule has 1 fully saturated rings. The van der Waals surface area contributed by atoms with E-state index >= 15 is 0 Å². The van der Waals surface area contributed by atoms with Crippen molar-refractivity contribution in [2.24, 2.45) is 0 Å². The fourth-order valence-corrected chi connectivity index (χ4v) is 3.38. The van der Waals surface area contributed by atoms with Crippen LogP contribution in [0.2, 0.25) is 0 Å². The Bertz CT molecular complexity index is 599. The molecule has 0 aromatic carbocycles. The smallest absolute Gasteiger partial charge is 0.211 e. The third-order valence-corrected chi connectivity index (χ3v) is 5.59. The van der Waals surface area contributed by atoms with Crippen LogP contribution in [0, 0.1) is 0 Å². The van der Waals surface area contributed by atoms with E-state index < -0.39 is 10.0 Å². The third kappa shape index (κ3) is 3.95. The zero-order chi connectivity index (χ0) is 16.5. The molecule has 1 aromatic rings. The lowest BCUT2D eigenvalue weighted by atomic mass is 9.92. The van der Waals surface area contributed by atoms with Crippen LogP contribution >= 0.6 is 0 Å². The lowest BCUT2D eigenvalue weighted by molar-refractivity contribution is 0.313. The number of rotatable bonds is 3. The summed E-state index contributed by atoms with van der Waals surface area (Å²) in [4.78, 5) is 2.17. The van der Waals surface area contributed by atoms with E-state index in [2.05, 4.69) is 35.9 Å². The molecule has 0 radical (unpaired) electrons. The van der Waals surface area contributed by atoms with Crippen molar-refractivity contribution in [1.29, 1.82) is 0 Å². The van der Waals surface area contributed by atoms with Crippen LogP contribution in [0.3, 0.4) is 0 Å². The molecule has 6 nitrogen and oxygen atoms in total. The molecule has 0 N–H and O–H groups in total. The molecule has 1 aliphatic heterocycles. The molecule has 124 valence electrons. The molecule has 2 rings (SSSR count). The Labute approximate surface area is 133 Å². The second-order valence-electron chi connectivity index (χ2n) is 7.02. The van der Waals surface area contributed by atoms with Crippen molar-refractivity contribution >= 4 is 15.8 Å². The van der Waals surface area contributed by atoms with Gasteiger partial charge in [-0.25, -0.2) is 12.7 Å². The quantitative estimate of drug-likeness (QED) is 0.845. The molecule has 0 atom stereocenters. The first kappa shape index (κ1) is 17.1. The topological polar surface area (TPSA) is 66.4 Å². The number of nitrogens with zero attached hydrogens (tertiary/aromatic N) is 4. The highest BCUT2D eigenvalue weighted by molar-refractivity contribution is 7.88. The second kappa shape index (κ2) is 6.12. The minimum atomic E-state index is -3.12. The minimum absolute atomic E-state index is 0.00325. The van der Waals surface area contributed by atoms with Crippen LogP contribution in [-0.2, 0) is 15.4 Å². The maximum atomic E-state index is 11.6. The van der Waals surface area contributed by atoms with E-state index in [9.17, 15) is 8.42 Å². The summed E-state index contributed by atoms with van der Waals surface area (Å²) in [5, 5.41) is 8.65. The van der Waals surface area contributed by atoms with Gasteiger partial charge in [0.2, 0.25) is 10.0 Å². The summed E-state index contributed by atoms with van der Waals surface area (Å²) in [7, 11) is -1.46. The molecule has 0 bridgehead atoms. The van der Waals surface area contributed by atoms with E-state index in [0.29, 0.717) is 0 Å². The summed E-state index contributed by atoms with van der Waals surface area (Å²) in [5.74, 6) is 0.869. The number of aromatic nitrogens is 2. The molecule has 22 heavy (non-hydrogen) atoms. The van der Waals surface area contributed by atoms with Gasteiger partial charge in [0.1, 0.15) is 0 Å². The summed E-state index contributed by atoms with van der Waals surface area (Å²) in [6, 6.07) is 4.11. The van der Waals surface area contributed by atoms with Crippen molar-refractivity contribution in [3.63, 3.8) is 0 Å². The van der Waals surface area contributed by atoms with Gasteiger partial charge in [-0.2, -0.15) is 5.10 Å². The number of piperidine rings is 1. The lowest BCUT2D eigenvalue weighted by Crippen LogP contribution is -2.45. The van der Waals surface area contributed by atoms with Crippen LogP contribution < -0.4 is 4.90 Å². The Balaban J connectivity index is 2.00. The number of anilines is 1. The molecule has 0 aliphatic carbocycles. The van der Waals surface area contributed by atoms with Gasteiger partial charge in [-0.15, -0.1) is 5.10 Å². The fraction of sp³-hybridized carbons (Fsp3) is 0.733. The molecule has 0 spiro atoms. The summed E-state index contributed by atoms with van der Waals surface area (Å²) >= 11 is 0. The second-order valence-corrected chi connectivity index (χ2v) is 9.07. The van der Waals surface area contributed by atoms with Gasteiger partial charge in [-0.3, -0.25) is 0 Å². The first-order chi connectivity index (χ1) is 10.1. The van der Waals surface area contributed by atoms with Crippen molar-refractivity contribution in [1.82, 2.24) is 14.5 Å². The SMILES string of the molecule is CN(C1CCN(c2ccc(C(C)(C)C)nn2)CC1)S(C)(=O)=O. The largest absolute Gasteiger partial charge is 0.355 e. The van der Waals surface area contributed by atoms with Crippen LogP contribution in [0.4, 0.5) is 5.82 Å². The standard InChI is InChI=1S/C15H26N4O2S/c1-15(2,3)13-6-7-14(17-16-13)19-10-8-12(9-11-19)18(4)22(5,20)21/h6-7,12H,8-11H2,1-5H3. The van der Waals surface area contributed by atoms with Gasteiger partial charge in [0, 0.05) is 31.6 Å². The Morgan fingerprint density at radius 2 is 1.77 bits per heavy atom. The van der Waals surface area contributed by atoms with Gasteiger partial charge >= 0.3 is 0 Å². The van der Waals surface area contributed by atoms with Crippen LogP contribution in [0.1, 0.15) is 39.3 Å². The molecule has 7 heteroatoms. The van der Waals surface area contributed by atoms with Crippen molar-refractivity contribution in [3.8, 4) is 0 Å². The molecule has 0 unspecified atom stereocenters. The van der Waals surface area contributed by atoms with Crippen molar-refractivity contribution in [2.45, 2.75) is 45.1 Å². The Morgan fingerprint density at radius 3 is 2.18 bits per heavy atom. The van der Waals surface area contributed by atoms with Crippen LogP contribution in [0.15, 0.2) is 12.1 Å². The summed E-state index contributed by atoms with van der Waals surface area (Å²) < 4.78 is 24.7. The Kier molecular flexibility index (Phi) is 4.77. The van der Waals surface area contributed by atoms with Crippen molar-refractivity contribution in [3.05, 3.63) is 17.8 Å². The summed E-state index contributed by atoms with van der Waals surface area (Å²) in [6.07, 6.45) is 2.88. The number of hydrogen-bond donors (Lipinski definition) is 0. The van der Waals surface area contributed by atoms with Gasteiger partial charge < -0.3 is 4.90 Å². The maximum Gasteiger partial charge on any atom is 0.211 e. The molecular weight excluding hydrogens is 300 g/mol. The maximum absolute atomic E-state index is 11.6. The third-order valence-electron chi connectivity index (χ3n) is 4.24. The van der Waals surface area contributed by atoms with Crippen LogP contribution in [0.25, 0.3) is 0 Å². The summed E-state index contributed by atoms with van der Waals surface area (Å²) in [6.45, 7) is 7.94. The van der Waals surface area contributed by atoms with Crippen LogP contribution in [-0.4, -0.2) is 55.4 Å². The molecule has 0 saturated carbocycles. The lowest BCUT2D eigenvalue weighted by Gasteiger charge is -2.36. The molecule has 0 amide bonds. The van der Waals surface area contributed by atoms with E-state index in [0.717, 1.165) is 37.4 Å². The zero-order valence-electron chi connectivity index (χ0n) is 14.1. The van der Waals surface area contributed by atoms with Gasteiger partial charge in [-0.05, 0) is 25.0 Å². The van der Waals surface area contributed by atoms with E-state index in [4.69, 9.17) is 0 Å². The predicted octanol–water partition coefficient (Wildman–Crippen LogP) is 1.63. The minimum Gasteiger partial charge on any atom is -0.355 e. The number of hydrogen-bond acceptors (Lipinski definition) is 5. The molecular formula is C15H26N4O2S. The highest BCUT2D eigenvalue weighted by Gasteiger charge is 2.28. The number of sulfonamides is 1. The average Bonchev–Trinajstić information content (AvgIpc) is 2.45. The van der Waals surface area contributed by atoms with E-state index in [1.165, 1.54) is 10.6 Å². The van der Waals surface area contributed by atoms with Gasteiger partial charge in [0.05, 0.1) is 11.9 Å². The van der Waals surface area contributed by atoms with Crippen molar-refractivity contribution < 1.29 is 8.42 Å². The first-order valence-electron chi connectivity index (χ1n) is 7.61. The monoisotopic (exact) mass is 326 g/mol. The summed E-state index contributed by atoms with van der Waals surface area (Å²) in [5.41, 5.74) is 0.972. The molecule has 1 aliphatic rings. The highest BCUT2D eigenvalue weighted by atomic mass is 32.2. The fourth-order valence-electron chi connectivity index (χ4n) is 2.62.